The maximum absolute atomic E-state index is 12.9. The summed E-state index contributed by atoms with van der Waals surface area (Å²) in [7, 11) is 1.57. The van der Waals surface area contributed by atoms with Crippen LogP contribution in [0.15, 0.2) is 24.3 Å². The van der Waals surface area contributed by atoms with Crippen LogP contribution in [0.5, 0.6) is 0 Å². The van der Waals surface area contributed by atoms with Crippen LogP contribution in [0.3, 0.4) is 0 Å². The van der Waals surface area contributed by atoms with Crippen molar-refractivity contribution in [1.29, 1.82) is 0 Å². The summed E-state index contributed by atoms with van der Waals surface area (Å²) >= 11 is 0. The molecule has 0 unspecified atom stereocenters. The molecule has 1 aromatic heterocycles. The number of allylic oxidation sites excluding steroid dienone is 1. The van der Waals surface area contributed by atoms with Crippen LogP contribution in [-0.4, -0.2) is 46.8 Å². The number of carbonyl (C=O) groups is 1. The molecule has 0 N–H and O–H groups in total. The number of hydrogen-bond donors (Lipinski definition) is 0. The average Bonchev–Trinajstić information content (AvgIpc) is 2.99. The number of hydrogen-bond acceptors (Lipinski definition) is 6. The molecule has 0 atom stereocenters. The summed E-state index contributed by atoms with van der Waals surface area (Å²) in [6.45, 7) is 0.928. The molecule has 2 rings (SSSR count). The smallest absolute Gasteiger partial charge is 0.187 e. The Balaban J connectivity index is 2.15. The van der Waals surface area contributed by atoms with Gasteiger partial charge in [0.2, 0.25) is 0 Å². The standard InChI is InChI=1S/C14H15FN4O3/c1-21-6-7-22-10-19-14(16-17-18-19)12(9-20)8-11-2-4-13(15)5-3-11/h2-5,8-9H,6-7,10H2,1H3. The Bertz CT molecular complexity index is 640. The van der Waals surface area contributed by atoms with Gasteiger partial charge < -0.3 is 9.47 Å². The van der Waals surface area contributed by atoms with Crippen molar-refractivity contribution in [3.05, 3.63) is 41.5 Å². The Labute approximate surface area is 126 Å². The fourth-order valence-corrected chi connectivity index (χ4v) is 1.68. The Kier molecular flexibility index (Phi) is 5.87. The van der Waals surface area contributed by atoms with Gasteiger partial charge in [0.15, 0.2) is 12.1 Å². The maximum atomic E-state index is 12.9. The van der Waals surface area contributed by atoms with E-state index in [0.29, 0.717) is 25.1 Å². The van der Waals surface area contributed by atoms with Gasteiger partial charge in [0.25, 0.3) is 0 Å². The summed E-state index contributed by atoms with van der Waals surface area (Å²) in [5.41, 5.74) is 0.935. The first kappa shape index (κ1) is 15.9. The first-order valence-electron chi connectivity index (χ1n) is 6.50. The van der Waals surface area contributed by atoms with Crippen LogP contribution in [-0.2, 0) is 21.0 Å². The Hall–Kier alpha value is -2.45. The Morgan fingerprint density at radius 2 is 2.09 bits per heavy atom. The van der Waals surface area contributed by atoms with Crippen LogP contribution in [0.2, 0.25) is 0 Å². The maximum Gasteiger partial charge on any atom is 0.187 e. The van der Waals surface area contributed by atoms with Gasteiger partial charge in [0.05, 0.1) is 18.8 Å². The lowest BCUT2D eigenvalue weighted by atomic mass is 10.1. The number of benzene rings is 1. The van der Waals surface area contributed by atoms with E-state index in [9.17, 15) is 9.18 Å². The van der Waals surface area contributed by atoms with Crippen LogP contribution in [0.1, 0.15) is 11.4 Å². The Morgan fingerprint density at radius 3 is 2.77 bits per heavy atom. The van der Waals surface area contributed by atoms with Gasteiger partial charge in [0, 0.05) is 7.11 Å². The summed E-state index contributed by atoms with van der Waals surface area (Å²) in [5, 5.41) is 11.1. The number of aromatic nitrogens is 4. The topological polar surface area (TPSA) is 79.1 Å². The van der Waals surface area contributed by atoms with Gasteiger partial charge in [-0.1, -0.05) is 12.1 Å². The van der Waals surface area contributed by atoms with Crippen molar-refractivity contribution < 1.29 is 18.7 Å². The largest absolute Gasteiger partial charge is 0.382 e. The zero-order chi connectivity index (χ0) is 15.8. The SMILES string of the molecule is COCCOCn1nnnc1C(C=O)=Cc1ccc(F)cc1. The highest BCUT2D eigenvalue weighted by molar-refractivity contribution is 6.11. The number of tetrazole rings is 1. The molecular formula is C14H15FN4O3. The van der Waals surface area contributed by atoms with Crippen molar-refractivity contribution >= 4 is 17.9 Å². The van der Waals surface area contributed by atoms with Crippen molar-refractivity contribution in [2.75, 3.05) is 20.3 Å². The molecule has 2 aromatic rings. The molecule has 0 radical (unpaired) electrons. The minimum atomic E-state index is -0.346. The lowest BCUT2D eigenvalue weighted by Gasteiger charge is -2.05. The van der Waals surface area contributed by atoms with E-state index >= 15 is 0 Å². The van der Waals surface area contributed by atoms with Crippen LogP contribution in [0.25, 0.3) is 11.6 Å². The highest BCUT2D eigenvalue weighted by Gasteiger charge is 2.11. The second-order valence-corrected chi connectivity index (χ2v) is 4.30. The zero-order valence-corrected chi connectivity index (χ0v) is 12.0. The van der Waals surface area contributed by atoms with E-state index in [1.807, 2.05) is 0 Å². The van der Waals surface area contributed by atoms with Crippen molar-refractivity contribution in [1.82, 2.24) is 20.2 Å². The molecule has 116 valence electrons. The van der Waals surface area contributed by atoms with Gasteiger partial charge in [-0.05, 0) is 34.2 Å². The first-order chi connectivity index (χ1) is 10.7. The second-order valence-electron chi connectivity index (χ2n) is 4.30. The van der Waals surface area contributed by atoms with Crippen molar-refractivity contribution in [3.8, 4) is 0 Å². The molecule has 1 heterocycles. The Morgan fingerprint density at radius 1 is 1.32 bits per heavy atom. The van der Waals surface area contributed by atoms with Gasteiger partial charge in [-0.25, -0.2) is 4.39 Å². The molecule has 8 heteroatoms. The van der Waals surface area contributed by atoms with Gasteiger partial charge in [-0.15, -0.1) is 5.10 Å². The molecule has 0 spiro atoms. The number of methoxy groups -OCH3 is 1. The molecule has 0 amide bonds. The quantitative estimate of drug-likeness (QED) is 0.414. The molecular weight excluding hydrogens is 291 g/mol. The third-order valence-electron chi connectivity index (χ3n) is 2.75. The number of ether oxygens (including phenoxy) is 2. The van der Waals surface area contributed by atoms with Gasteiger partial charge in [-0.2, -0.15) is 4.68 Å². The molecule has 1 aromatic carbocycles. The van der Waals surface area contributed by atoms with Crippen LogP contribution in [0.4, 0.5) is 4.39 Å². The lowest BCUT2D eigenvalue weighted by molar-refractivity contribution is -0.103. The van der Waals surface area contributed by atoms with Gasteiger partial charge in [-0.3, -0.25) is 4.79 Å². The normalized spacial score (nSPS) is 11.6. The average molecular weight is 306 g/mol. The summed E-state index contributed by atoms with van der Waals surface area (Å²) in [4.78, 5) is 11.3. The molecule has 0 bridgehead atoms. The van der Waals surface area contributed by atoms with Crippen LogP contribution >= 0.6 is 0 Å². The minimum absolute atomic E-state index is 0.0975. The van der Waals surface area contributed by atoms with Crippen molar-refractivity contribution in [2.45, 2.75) is 6.73 Å². The van der Waals surface area contributed by atoms with E-state index in [2.05, 4.69) is 15.5 Å². The fraction of sp³-hybridized carbons (Fsp3) is 0.286. The molecule has 0 aliphatic heterocycles. The summed E-state index contributed by atoms with van der Waals surface area (Å²) in [6, 6.07) is 5.74. The van der Waals surface area contributed by atoms with E-state index in [4.69, 9.17) is 9.47 Å². The van der Waals surface area contributed by atoms with E-state index in [1.54, 1.807) is 25.3 Å². The first-order valence-corrected chi connectivity index (χ1v) is 6.50. The van der Waals surface area contributed by atoms with Gasteiger partial charge >= 0.3 is 0 Å². The van der Waals surface area contributed by atoms with Gasteiger partial charge in [0.1, 0.15) is 12.5 Å². The third-order valence-corrected chi connectivity index (χ3v) is 2.75. The fourth-order valence-electron chi connectivity index (χ4n) is 1.68. The second kappa shape index (κ2) is 8.11. The highest BCUT2D eigenvalue weighted by atomic mass is 19.1. The number of aldehydes is 1. The monoisotopic (exact) mass is 306 g/mol. The molecule has 22 heavy (non-hydrogen) atoms. The van der Waals surface area contributed by atoms with E-state index in [0.717, 1.165) is 0 Å². The molecule has 7 nitrogen and oxygen atoms in total. The van der Waals surface area contributed by atoms with Crippen LogP contribution < -0.4 is 0 Å². The van der Waals surface area contributed by atoms with Crippen molar-refractivity contribution in [3.63, 3.8) is 0 Å². The summed E-state index contributed by atoms with van der Waals surface area (Å²) in [5.74, 6) is -0.0714. The minimum Gasteiger partial charge on any atom is -0.382 e. The summed E-state index contributed by atoms with van der Waals surface area (Å²) in [6.07, 6.45) is 2.21. The third kappa shape index (κ3) is 4.27. The molecule has 0 aliphatic carbocycles. The predicted octanol–water partition coefficient (Wildman–Crippen LogP) is 1.17. The zero-order valence-electron chi connectivity index (χ0n) is 12.0. The molecule has 0 saturated heterocycles. The number of nitrogens with zero attached hydrogens (tertiary/aromatic N) is 4. The molecule has 0 aliphatic rings. The predicted molar refractivity (Wildman–Crippen MR) is 76.0 cm³/mol. The lowest BCUT2D eigenvalue weighted by Crippen LogP contribution is -2.11. The number of rotatable bonds is 8. The molecule has 0 saturated carbocycles. The highest BCUT2D eigenvalue weighted by Crippen LogP contribution is 2.14. The van der Waals surface area contributed by atoms with E-state index in [-0.39, 0.29) is 23.9 Å². The number of carbonyl (C=O) groups excluding carboxylic acids is 1. The van der Waals surface area contributed by atoms with Crippen molar-refractivity contribution in [2.24, 2.45) is 0 Å². The van der Waals surface area contributed by atoms with E-state index < -0.39 is 0 Å². The van der Waals surface area contributed by atoms with Crippen LogP contribution in [0, 0.1) is 5.82 Å². The summed E-state index contributed by atoms with van der Waals surface area (Å²) < 4.78 is 24.4. The van der Waals surface area contributed by atoms with E-state index in [1.165, 1.54) is 16.8 Å². The molecule has 0 fully saturated rings. The number of halogens is 1.